The van der Waals surface area contributed by atoms with E-state index in [0.29, 0.717) is 0 Å². The normalized spacial score (nSPS) is 11.9. The zero-order chi connectivity index (χ0) is 61.7. The zero-order valence-electron chi connectivity index (χ0n) is 51.1. The van der Waals surface area contributed by atoms with Crippen LogP contribution < -0.4 is 0 Å². The molecule has 0 atom stereocenters. The van der Waals surface area contributed by atoms with E-state index in [1.807, 2.05) is 12.2 Å². The van der Waals surface area contributed by atoms with E-state index in [2.05, 4.69) is 347 Å². The second-order valence-electron chi connectivity index (χ2n) is 24.3. The fourth-order valence-electron chi connectivity index (χ4n) is 14.9. The van der Waals surface area contributed by atoms with Crippen molar-refractivity contribution in [2.24, 2.45) is 0 Å². The van der Waals surface area contributed by atoms with E-state index in [0.717, 1.165) is 123 Å². The third kappa shape index (κ3) is 8.81. The molecule has 0 amide bonds. The number of para-hydroxylation sites is 7. The first-order valence-corrected chi connectivity index (χ1v) is 31.9. The molecule has 0 aliphatic heterocycles. The van der Waals surface area contributed by atoms with Crippen LogP contribution in [0.2, 0.25) is 0 Å². The van der Waals surface area contributed by atoms with Crippen LogP contribution in [0.5, 0.6) is 0 Å². The van der Waals surface area contributed by atoms with Crippen molar-refractivity contribution in [2.75, 3.05) is 0 Å². The third-order valence-electron chi connectivity index (χ3n) is 19.1. The van der Waals surface area contributed by atoms with Crippen LogP contribution in [0.1, 0.15) is 11.3 Å². The lowest BCUT2D eigenvalue weighted by Crippen LogP contribution is -2.01. The van der Waals surface area contributed by atoms with E-state index in [9.17, 15) is 0 Å². The minimum Gasteiger partial charge on any atom is -0.313 e. The molecular weight excluding hydrogens is 1130 g/mol. The number of fused-ring (bicyclic) bond motifs is 11. The van der Waals surface area contributed by atoms with Gasteiger partial charge in [-0.2, -0.15) is 0 Å². The maximum atomic E-state index is 5.65. The first-order valence-electron chi connectivity index (χ1n) is 31.9. The Hall–Kier alpha value is -12.3. The van der Waals surface area contributed by atoms with Crippen LogP contribution in [0.4, 0.5) is 0 Å². The third-order valence-corrected chi connectivity index (χ3v) is 19.1. The van der Waals surface area contributed by atoms with Gasteiger partial charge in [0, 0.05) is 82.7 Å². The fraction of sp³-hybridized carbons (Fsp3) is 0.0114. The average molecular weight is 1190 g/mol. The molecule has 0 fully saturated rings. The van der Waals surface area contributed by atoms with Crippen LogP contribution in [-0.2, 0) is 0 Å². The van der Waals surface area contributed by atoms with Crippen LogP contribution >= 0.6 is 0 Å². The molecule has 0 saturated heterocycles. The topological polar surface area (TPSA) is 32.6 Å². The summed E-state index contributed by atoms with van der Waals surface area (Å²) in [7, 11) is 0. The second kappa shape index (κ2) is 21.7. The summed E-state index contributed by atoms with van der Waals surface area (Å²) in [6.45, 7) is 6.25. The van der Waals surface area contributed by atoms with Crippen LogP contribution in [0, 0.1) is 6.92 Å². The molecule has 0 aliphatic carbocycles. The predicted molar refractivity (Wildman–Crippen MR) is 393 cm³/mol. The van der Waals surface area contributed by atoms with Gasteiger partial charge in [-0.1, -0.05) is 231 Å². The van der Waals surface area contributed by atoms with E-state index in [4.69, 9.17) is 4.98 Å². The Morgan fingerprint density at radius 2 is 0.645 bits per heavy atom. The Bertz CT molecular complexity index is 5790. The van der Waals surface area contributed by atoms with E-state index in [1.54, 1.807) is 0 Å². The predicted octanol–water partition coefficient (Wildman–Crippen LogP) is 23.3. The molecule has 5 nitrogen and oxygen atoms in total. The molecule has 5 aromatic heterocycles. The van der Waals surface area contributed by atoms with Gasteiger partial charge in [0.05, 0.1) is 49.8 Å². The van der Waals surface area contributed by atoms with Crippen molar-refractivity contribution in [3.8, 4) is 78.5 Å². The largest absolute Gasteiger partial charge is 0.313 e. The summed E-state index contributed by atoms with van der Waals surface area (Å²) in [6, 6.07) is 113. The summed E-state index contributed by atoms with van der Waals surface area (Å²) in [4.78, 5) is 5.65. The first kappa shape index (κ1) is 53.7. The van der Waals surface area contributed by atoms with Crippen molar-refractivity contribution < 1.29 is 0 Å². The van der Waals surface area contributed by atoms with Gasteiger partial charge in [-0.05, 0) is 155 Å². The van der Waals surface area contributed by atoms with Gasteiger partial charge in [0.15, 0.2) is 0 Å². The van der Waals surface area contributed by atoms with E-state index in [-0.39, 0.29) is 0 Å². The lowest BCUT2D eigenvalue weighted by Gasteiger charge is -2.17. The molecule has 0 N–H and O–H groups in total. The highest BCUT2D eigenvalue weighted by Gasteiger charge is 2.22. The highest BCUT2D eigenvalue weighted by atomic mass is 15.0. The van der Waals surface area contributed by atoms with Gasteiger partial charge in [-0.25, -0.2) is 4.98 Å². The average Bonchev–Trinajstić information content (AvgIpc) is 1.67. The molecule has 5 heteroatoms. The molecule has 18 aromatic rings. The van der Waals surface area contributed by atoms with Gasteiger partial charge in [-0.3, -0.25) is 0 Å². The van der Waals surface area contributed by atoms with Crippen molar-refractivity contribution in [2.45, 2.75) is 6.92 Å². The van der Waals surface area contributed by atoms with Gasteiger partial charge in [-0.15, -0.1) is 0 Å². The van der Waals surface area contributed by atoms with Gasteiger partial charge in [0.2, 0.25) is 0 Å². The van der Waals surface area contributed by atoms with Crippen molar-refractivity contribution >= 4 is 93.3 Å². The number of benzene rings is 13. The minimum atomic E-state index is 0.894. The number of pyridine rings is 1. The second-order valence-corrected chi connectivity index (χ2v) is 24.3. The maximum Gasteiger partial charge on any atom is 0.0716 e. The van der Waals surface area contributed by atoms with Crippen molar-refractivity contribution in [1.82, 2.24) is 23.3 Å². The molecular formula is C88H59N5. The summed E-state index contributed by atoms with van der Waals surface area (Å²) >= 11 is 0. The molecule has 0 saturated carbocycles. The Morgan fingerprint density at radius 1 is 0.280 bits per heavy atom. The molecule has 436 valence electrons. The molecule has 93 heavy (non-hydrogen) atoms. The molecule has 0 radical (unpaired) electrons. The Morgan fingerprint density at radius 3 is 1.12 bits per heavy atom. The fourth-order valence-corrected chi connectivity index (χ4v) is 14.9. The Labute approximate surface area is 538 Å². The van der Waals surface area contributed by atoms with Crippen LogP contribution in [0.25, 0.3) is 172 Å². The zero-order valence-corrected chi connectivity index (χ0v) is 51.1. The van der Waals surface area contributed by atoms with Crippen molar-refractivity contribution in [1.29, 1.82) is 0 Å². The quantitative estimate of drug-likeness (QED) is 0.119. The summed E-state index contributed by atoms with van der Waals surface area (Å²) < 4.78 is 9.74. The highest BCUT2D eigenvalue weighted by Crippen LogP contribution is 2.43. The van der Waals surface area contributed by atoms with Gasteiger partial charge < -0.3 is 18.3 Å². The van der Waals surface area contributed by atoms with E-state index < -0.39 is 0 Å². The smallest absolute Gasteiger partial charge is 0.0716 e. The summed E-state index contributed by atoms with van der Waals surface area (Å²) in [5.74, 6) is 0. The lowest BCUT2D eigenvalue weighted by atomic mass is 9.93. The standard InChI is InChI=1S/C88H59N5/c1-3-4-27-70-57(2)90(82-35-15-8-28-71(70)82)66-49-64(50-67(54-66)91-83-36-16-9-29-72(83)73-30-10-17-37-84(73)91)61-25-22-26-63(48-61)81-56-78(60-44-42-59(43-45-60)58-23-6-5-7-24-58)79-53-62(46-47-80(79)89-81)65-51-68(92-85-38-18-11-31-74(85)75-32-12-19-39-86(75)92)55-69(52-65)93-87-40-20-13-33-76(87)77-34-14-21-41-88(77)93/h3-56H,1H2,2H3/b27-4-. The number of rotatable bonds is 11. The molecule has 18 rings (SSSR count). The molecule has 0 spiro atoms. The number of nitrogens with zero attached hydrogens (tertiary/aromatic N) is 5. The molecule has 0 aliphatic rings. The van der Waals surface area contributed by atoms with E-state index >= 15 is 0 Å². The molecule has 0 bridgehead atoms. The SMILES string of the molecule is C=C/C=C\c1c(C)n(-c2cc(-c3cccc(-c4cc(-c5ccc(-c6ccccc6)cc5)c5cc(-c6cc(-n7c8ccccc8c8ccccc87)cc(-n7c8ccccc8c8ccccc87)c6)ccc5n4)c3)cc(-n3c4ccccc4c4ccccc43)c2)c2ccccc12. The molecule has 0 unspecified atom stereocenters. The van der Waals surface area contributed by atoms with Crippen LogP contribution in [0.3, 0.4) is 0 Å². The number of hydrogen-bond donors (Lipinski definition) is 0. The van der Waals surface area contributed by atoms with Crippen LogP contribution in [0.15, 0.2) is 328 Å². The summed E-state index contributed by atoms with van der Waals surface area (Å²) in [5.41, 5.74) is 26.6. The van der Waals surface area contributed by atoms with Crippen molar-refractivity contribution in [3.63, 3.8) is 0 Å². The van der Waals surface area contributed by atoms with Crippen LogP contribution in [-0.4, -0.2) is 23.3 Å². The molecule has 5 heterocycles. The monoisotopic (exact) mass is 1190 g/mol. The number of aromatic nitrogens is 5. The minimum absolute atomic E-state index is 0.894. The van der Waals surface area contributed by atoms with Crippen molar-refractivity contribution in [3.05, 3.63) is 339 Å². The van der Waals surface area contributed by atoms with Gasteiger partial charge in [0.25, 0.3) is 0 Å². The maximum absolute atomic E-state index is 5.65. The first-order chi connectivity index (χ1) is 46.0. The Balaban J connectivity index is 0.837. The summed E-state index contributed by atoms with van der Waals surface area (Å²) in [5, 5.41) is 9.60. The lowest BCUT2D eigenvalue weighted by molar-refractivity contribution is 1.04. The Kier molecular flexibility index (Phi) is 12.5. The molecule has 13 aromatic carbocycles. The van der Waals surface area contributed by atoms with E-state index in [1.165, 1.54) is 54.4 Å². The van der Waals surface area contributed by atoms with Gasteiger partial charge in [0.1, 0.15) is 0 Å². The summed E-state index contributed by atoms with van der Waals surface area (Å²) in [6.07, 6.45) is 6.07. The van der Waals surface area contributed by atoms with Gasteiger partial charge >= 0.3 is 0 Å². The highest BCUT2D eigenvalue weighted by molar-refractivity contribution is 6.12. The number of hydrogen-bond acceptors (Lipinski definition) is 1. The number of allylic oxidation sites excluding steroid dienone is 2.